The van der Waals surface area contributed by atoms with E-state index < -0.39 is 0 Å². The molecule has 0 unspecified atom stereocenters. The van der Waals surface area contributed by atoms with E-state index in [4.69, 9.17) is 19.2 Å². The minimum absolute atomic E-state index is 0.653. The van der Waals surface area contributed by atoms with E-state index in [1.54, 1.807) is 21.3 Å². The summed E-state index contributed by atoms with van der Waals surface area (Å²) in [5.74, 6) is 4.06. The molecule has 0 N–H and O–H groups in total. The van der Waals surface area contributed by atoms with Crippen LogP contribution < -0.4 is 19.1 Å². The minimum Gasteiger partial charge on any atom is -0.495 e. The lowest BCUT2D eigenvalue weighted by atomic mass is 10.2. The molecule has 178 valence electrons. The summed E-state index contributed by atoms with van der Waals surface area (Å²) in [7, 11) is 4.99. The Kier molecular flexibility index (Phi) is 6.10. The molecular weight excluding hydrogens is 432 g/mol. The van der Waals surface area contributed by atoms with E-state index in [-0.39, 0.29) is 0 Å². The molecule has 4 aromatic rings. The lowest BCUT2D eigenvalue weighted by Crippen LogP contribution is -2.46. The number of piperazine rings is 1. The topological polar surface area (TPSA) is 77.2 Å². The Morgan fingerprint density at radius 3 is 2.24 bits per heavy atom. The van der Waals surface area contributed by atoms with E-state index in [0.29, 0.717) is 18.0 Å². The van der Waals surface area contributed by atoms with E-state index in [1.807, 2.05) is 24.3 Å². The van der Waals surface area contributed by atoms with Crippen molar-refractivity contribution in [3.8, 4) is 17.2 Å². The monoisotopic (exact) mass is 462 g/mol. The summed E-state index contributed by atoms with van der Waals surface area (Å²) in [4.78, 5) is 9.71. The Labute approximate surface area is 198 Å². The van der Waals surface area contributed by atoms with Gasteiger partial charge >= 0.3 is 0 Å². The van der Waals surface area contributed by atoms with Crippen molar-refractivity contribution in [2.75, 3.05) is 52.4 Å². The van der Waals surface area contributed by atoms with Crippen LogP contribution in [0.3, 0.4) is 0 Å². The smallest absolute Gasteiger partial charge is 0.171 e. The summed E-state index contributed by atoms with van der Waals surface area (Å²) in [6, 6.07) is 12.0. The predicted octanol–water partition coefficient (Wildman–Crippen LogP) is 3.19. The van der Waals surface area contributed by atoms with Gasteiger partial charge in [-0.2, -0.15) is 0 Å². The first-order valence-electron chi connectivity index (χ1n) is 11.6. The SMILES string of the molecule is CCc1nc2cc(OC)c(OC)cc2c2nnc(CN3CCN(c4ccccc4OC)CC3)n12. The van der Waals surface area contributed by atoms with Gasteiger partial charge in [-0.3, -0.25) is 9.30 Å². The number of nitrogens with zero attached hydrogens (tertiary/aromatic N) is 6. The molecular formula is C25H30N6O3. The van der Waals surface area contributed by atoms with Crippen LogP contribution in [0.4, 0.5) is 5.69 Å². The Morgan fingerprint density at radius 1 is 0.824 bits per heavy atom. The third-order valence-corrected chi connectivity index (χ3v) is 6.46. The fraction of sp³-hybridized carbons (Fsp3) is 0.400. The highest BCUT2D eigenvalue weighted by Gasteiger charge is 2.23. The number of benzene rings is 2. The maximum Gasteiger partial charge on any atom is 0.171 e. The number of hydrogen-bond donors (Lipinski definition) is 0. The van der Waals surface area contributed by atoms with Crippen LogP contribution in [0.1, 0.15) is 18.6 Å². The van der Waals surface area contributed by atoms with E-state index in [1.165, 1.54) is 0 Å². The molecule has 2 aromatic carbocycles. The molecule has 1 saturated heterocycles. The van der Waals surface area contributed by atoms with Gasteiger partial charge in [0.05, 0.1) is 39.1 Å². The normalized spacial score (nSPS) is 14.6. The van der Waals surface area contributed by atoms with Crippen LogP contribution in [-0.2, 0) is 13.0 Å². The maximum atomic E-state index is 5.55. The van der Waals surface area contributed by atoms with Gasteiger partial charge in [0.2, 0.25) is 0 Å². The Morgan fingerprint density at radius 2 is 1.53 bits per heavy atom. The summed E-state index contributed by atoms with van der Waals surface area (Å²) in [5.41, 5.74) is 2.77. The first-order chi connectivity index (χ1) is 16.7. The van der Waals surface area contributed by atoms with Crippen molar-refractivity contribution in [3.05, 3.63) is 48.0 Å². The van der Waals surface area contributed by atoms with Crippen molar-refractivity contribution in [2.24, 2.45) is 0 Å². The number of para-hydroxylation sites is 2. The second-order valence-electron chi connectivity index (χ2n) is 8.32. The van der Waals surface area contributed by atoms with Crippen LogP contribution in [0.5, 0.6) is 17.2 Å². The van der Waals surface area contributed by atoms with Crippen molar-refractivity contribution in [1.82, 2.24) is 24.5 Å². The van der Waals surface area contributed by atoms with Gasteiger partial charge in [0.15, 0.2) is 23.0 Å². The van der Waals surface area contributed by atoms with Gasteiger partial charge in [0, 0.05) is 44.1 Å². The fourth-order valence-corrected chi connectivity index (χ4v) is 4.67. The van der Waals surface area contributed by atoms with Crippen molar-refractivity contribution >= 4 is 22.2 Å². The van der Waals surface area contributed by atoms with Crippen LogP contribution in [-0.4, -0.2) is 72.0 Å². The standard InChI is InChI=1S/C25H30N6O3/c1-5-23-26-18-15-22(34-4)21(33-3)14-17(18)25-28-27-24(31(23)25)16-29-10-12-30(13-11-29)19-8-6-7-9-20(19)32-2/h6-9,14-15H,5,10-13,16H2,1-4H3. The van der Waals surface area contributed by atoms with Gasteiger partial charge in [0.25, 0.3) is 0 Å². The summed E-state index contributed by atoms with van der Waals surface area (Å²) in [5, 5.41) is 10.0. The molecule has 0 spiro atoms. The molecule has 3 heterocycles. The first kappa shape index (κ1) is 22.2. The average molecular weight is 463 g/mol. The van der Waals surface area contributed by atoms with E-state index in [9.17, 15) is 0 Å². The third kappa shape index (κ3) is 3.86. The molecule has 34 heavy (non-hydrogen) atoms. The quantitative estimate of drug-likeness (QED) is 0.415. The largest absolute Gasteiger partial charge is 0.495 e. The summed E-state index contributed by atoms with van der Waals surface area (Å²) in [6.45, 7) is 6.53. The van der Waals surface area contributed by atoms with Crippen molar-refractivity contribution < 1.29 is 14.2 Å². The molecule has 9 nitrogen and oxygen atoms in total. The van der Waals surface area contributed by atoms with Gasteiger partial charge in [-0.15, -0.1) is 10.2 Å². The summed E-state index contributed by atoms with van der Waals surface area (Å²) < 4.78 is 18.6. The third-order valence-electron chi connectivity index (χ3n) is 6.46. The van der Waals surface area contributed by atoms with Crippen LogP contribution in [0.25, 0.3) is 16.6 Å². The Hall–Kier alpha value is -3.59. The lowest BCUT2D eigenvalue weighted by Gasteiger charge is -2.36. The number of aryl methyl sites for hydroxylation is 1. The minimum atomic E-state index is 0.653. The number of aromatic nitrogens is 4. The lowest BCUT2D eigenvalue weighted by molar-refractivity contribution is 0.242. The van der Waals surface area contributed by atoms with E-state index in [0.717, 1.165) is 72.2 Å². The molecule has 0 atom stereocenters. The number of hydrogen-bond acceptors (Lipinski definition) is 8. The summed E-state index contributed by atoms with van der Waals surface area (Å²) in [6.07, 6.45) is 0.771. The van der Waals surface area contributed by atoms with Gasteiger partial charge in [-0.05, 0) is 18.2 Å². The highest BCUT2D eigenvalue weighted by molar-refractivity contribution is 5.93. The van der Waals surface area contributed by atoms with Gasteiger partial charge < -0.3 is 19.1 Å². The number of fused-ring (bicyclic) bond motifs is 3. The second-order valence-corrected chi connectivity index (χ2v) is 8.32. The zero-order chi connectivity index (χ0) is 23.7. The Bertz CT molecular complexity index is 1310. The number of methoxy groups -OCH3 is 3. The van der Waals surface area contributed by atoms with Gasteiger partial charge in [-0.1, -0.05) is 19.1 Å². The van der Waals surface area contributed by atoms with Crippen LogP contribution >= 0.6 is 0 Å². The van der Waals surface area contributed by atoms with Gasteiger partial charge in [-0.25, -0.2) is 4.98 Å². The number of ether oxygens (including phenoxy) is 3. The number of rotatable bonds is 7. The zero-order valence-corrected chi connectivity index (χ0v) is 20.1. The highest BCUT2D eigenvalue weighted by atomic mass is 16.5. The highest BCUT2D eigenvalue weighted by Crippen LogP contribution is 2.33. The molecule has 1 aliphatic heterocycles. The van der Waals surface area contributed by atoms with E-state index in [2.05, 4.69) is 43.5 Å². The number of anilines is 1. The first-order valence-corrected chi connectivity index (χ1v) is 11.6. The molecule has 2 aromatic heterocycles. The zero-order valence-electron chi connectivity index (χ0n) is 20.1. The fourth-order valence-electron chi connectivity index (χ4n) is 4.67. The molecule has 1 aliphatic rings. The maximum absolute atomic E-state index is 5.55. The van der Waals surface area contributed by atoms with Crippen LogP contribution in [0.15, 0.2) is 36.4 Å². The van der Waals surface area contributed by atoms with Gasteiger partial charge in [0.1, 0.15) is 11.6 Å². The van der Waals surface area contributed by atoms with Crippen molar-refractivity contribution in [1.29, 1.82) is 0 Å². The van der Waals surface area contributed by atoms with Crippen LogP contribution in [0.2, 0.25) is 0 Å². The van der Waals surface area contributed by atoms with Crippen molar-refractivity contribution in [2.45, 2.75) is 19.9 Å². The molecule has 0 bridgehead atoms. The average Bonchev–Trinajstić information content (AvgIpc) is 3.31. The van der Waals surface area contributed by atoms with E-state index >= 15 is 0 Å². The molecule has 0 radical (unpaired) electrons. The molecule has 9 heteroatoms. The molecule has 5 rings (SSSR count). The summed E-state index contributed by atoms with van der Waals surface area (Å²) >= 11 is 0. The molecule has 0 amide bonds. The Balaban J connectivity index is 1.42. The van der Waals surface area contributed by atoms with Crippen LogP contribution in [0, 0.1) is 0 Å². The predicted molar refractivity (Wildman–Crippen MR) is 131 cm³/mol. The van der Waals surface area contributed by atoms with Crippen molar-refractivity contribution in [3.63, 3.8) is 0 Å². The molecule has 0 aliphatic carbocycles. The second kappa shape index (κ2) is 9.34. The molecule has 0 saturated carbocycles. The molecule has 1 fully saturated rings.